The van der Waals surface area contributed by atoms with E-state index in [9.17, 15) is 9.18 Å². The summed E-state index contributed by atoms with van der Waals surface area (Å²) in [7, 11) is 1.68. The molecule has 1 aliphatic heterocycles. The van der Waals surface area contributed by atoms with E-state index in [-0.39, 0.29) is 23.4 Å². The van der Waals surface area contributed by atoms with Crippen LogP contribution in [0.5, 0.6) is 0 Å². The minimum absolute atomic E-state index is 0.0473. The first-order valence-corrected chi connectivity index (χ1v) is 13.2. The van der Waals surface area contributed by atoms with Crippen LogP contribution in [0.25, 0.3) is 5.69 Å². The van der Waals surface area contributed by atoms with Crippen LogP contribution in [0.3, 0.4) is 0 Å². The van der Waals surface area contributed by atoms with Gasteiger partial charge in [0.05, 0.1) is 18.4 Å². The second-order valence-electron chi connectivity index (χ2n) is 9.07. The predicted octanol–water partition coefficient (Wildman–Crippen LogP) is 4.99. The van der Waals surface area contributed by atoms with Gasteiger partial charge in [-0.05, 0) is 77.0 Å². The zero-order valence-corrected chi connectivity index (χ0v) is 21.8. The smallest absolute Gasteiger partial charge is 0.196 e. The number of aryl methyl sites for hydroxylation is 1. The minimum atomic E-state index is -0.291. The summed E-state index contributed by atoms with van der Waals surface area (Å²) in [5.74, 6) is 0.810. The summed E-state index contributed by atoms with van der Waals surface area (Å²) in [5, 5.41) is 9.64. The Labute approximate surface area is 210 Å². The van der Waals surface area contributed by atoms with Gasteiger partial charge < -0.3 is 9.30 Å². The van der Waals surface area contributed by atoms with E-state index in [2.05, 4.69) is 26.6 Å². The number of carbonyl (C=O) groups excluding carboxylic acids is 1. The summed E-state index contributed by atoms with van der Waals surface area (Å²) in [6, 6.07) is 8.37. The van der Waals surface area contributed by atoms with Gasteiger partial charge >= 0.3 is 0 Å². The average Bonchev–Trinajstić information content (AvgIpc) is 3.42. The molecule has 2 aromatic heterocycles. The molecule has 4 rings (SSSR count). The highest BCUT2D eigenvalue weighted by Crippen LogP contribution is 2.30. The fraction of sp³-hybridized carbons (Fsp3) is 0.500. The maximum atomic E-state index is 13.7. The Bertz CT molecular complexity index is 1150. The van der Waals surface area contributed by atoms with E-state index in [0.29, 0.717) is 18.3 Å². The number of Topliss-reactive ketones (excluding diaryl/α,β-unsaturated/α-hetero) is 1. The van der Waals surface area contributed by atoms with Crippen LogP contribution in [0.4, 0.5) is 4.39 Å². The van der Waals surface area contributed by atoms with Crippen LogP contribution in [0.15, 0.2) is 35.5 Å². The molecule has 35 heavy (non-hydrogen) atoms. The predicted molar refractivity (Wildman–Crippen MR) is 136 cm³/mol. The molecule has 0 unspecified atom stereocenters. The summed E-state index contributed by atoms with van der Waals surface area (Å²) in [5.41, 5.74) is 3.51. The molecule has 0 N–H and O–H groups in total. The topological polar surface area (TPSA) is 65.2 Å². The van der Waals surface area contributed by atoms with E-state index in [1.54, 1.807) is 19.2 Å². The molecule has 1 aliphatic rings. The Balaban J connectivity index is 1.58. The molecule has 7 nitrogen and oxygen atoms in total. The van der Waals surface area contributed by atoms with E-state index in [4.69, 9.17) is 4.74 Å². The molecular weight excluding hydrogens is 465 g/mol. The average molecular weight is 500 g/mol. The van der Waals surface area contributed by atoms with Crippen LogP contribution in [-0.4, -0.2) is 62.6 Å². The van der Waals surface area contributed by atoms with Crippen molar-refractivity contribution in [2.75, 3.05) is 32.6 Å². The normalized spacial score (nSPS) is 15.5. The van der Waals surface area contributed by atoms with Gasteiger partial charge in [0.25, 0.3) is 0 Å². The number of thioether (sulfide) groups is 1. The summed E-state index contributed by atoms with van der Waals surface area (Å²) in [6.45, 7) is 9.48. The quantitative estimate of drug-likeness (QED) is 0.289. The number of carbonyl (C=O) groups is 1. The monoisotopic (exact) mass is 499 g/mol. The molecule has 1 atom stereocenters. The lowest BCUT2D eigenvalue weighted by Gasteiger charge is -2.31. The zero-order valence-electron chi connectivity index (χ0n) is 21.0. The number of hydrogen-bond acceptors (Lipinski definition) is 6. The Morgan fingerprint density at radius 1 is 1.14 bits per heavy atom. The first kappa shape index (κ1) is 25.6. The third-order valence-corrected chi connectivity index (χ3v) is 7.71. The van der Waals surface area contributed by atoms with Gasteiger partial charge in [0.15, 0.2) is 16.8 Å². The Morgan fingerprint density at radius 2 is 1.86 bits per heavy atom. The lowest BCUT2D eigenvalue weighted by atomic mass is 10.1. The molecule has 0 amide bonds. The number of ether oxygens (including phenoxy) is 1. The highest BCUT2D eigenvalue weighted by molar-refractivity contribution is 7.99. The van der Waals surface area contributed by atoms with Gasteiger partial charge in [-0.3, -0.25) is 14.3 Å². The van der Waals surface area contributed by atoms with Gasteiger partial charge in [-0.2, -0.15) is 0 Å². The lowest BCUT2D eigenvalue weighted by Crippen LogP contribution is -2.33. The molecular formula is C26H34FN5O2S. The number of methoxy groups -OCH3 is 1. The summed E-state index contributed by atoms with van der Waals surface area (Å²) in [4.78, 5) is 15.6. The third-order valence-electron chi connectivity index (χ3n) is 6.78. The number of rotatable bonds is 10. The highest BCUT2D eigenvalue weighted by Gasteiger charge is 2.26. The minimum Gasteiger partial charge on any atom is -0.383 e. The van der Waals surface area contributed by atoms with Crippen LogP contribution in [0.2, 0.25) is 0 Å². The molecule has 3 aromatic rings. The van der Waals surface area contributed by atoms with Gasteiger partial charge in [0.2, 0.25) is 0 Å². The molecule has 188 valence electrons. The fourth-order valence-corrected chi connectivity index (χ4v) is 5.61. The van der Waals surface area contributed by atoms with Gasteiger partial charge in [-0.25, -0.2) is 4.39 Å². The van der Waals surface area contributed by atoms with Crippen molar-refractivity contribution in [1.29, 1.82) is 0 Å². The molecule has 1 fully saturated rings. The zero-order chi connectivity index (χ0) is 24.9. The lowest BCUT2D eigenvalue weighted by molar-refractivity contribution is 0.102. The van der Waals surface area contributed by atoms with Gasteiger partial charge in [0.1, 0.15) is 5.82 Å². The molecule has 1 saturated heterocycles. The number of nitrogens with zero attached hydrogens (tertiary/aromatic N) is 5. The van der Waals surface area contributed by atoms with Crippen molar-refractivity contribution in [2.45, 2.75) is 57.8 Å². The van der Waals surface area contributed by atoms with Crippen LogP contribution >= 0.6 is 11.8 Å². The number of aromatic nitrogens is 4. The summed E-state index contributed by atoms with van der Waals surface area (Å²) in [6.07, 6.45) is 3.60. The van der Waals surface area contributed by atoms with Crippen LogP contribution in [0.1, 0.15) is 59.8 Å². The standard InChI is InChI=1S/C26H34FN5O2S/c1-18-16-23(19(2)31(18)14-15-34-4)24(33)17-35-26-29-28-25(20(3)30-12-6-5-7-13-30)32(26)22-10-8-21(27)9-11-22/h8-11,16,20H,5-7,12-15,17H2,1-4H3/t20-/m1/s1. The number of benzene rings is 1. The summed E-state index contributed by atoms with van der Waals surface area (Å²) < 4.78 is 22.9. The summed E-state index contributed by atoms with van der Waals surface area (Å²) >= 11 is 1.37. The first-order valence-electron chi connectivity index (χ1n) is 12.2. The SMILES string of the molecule is COCCn1c(C)cc(C(=O)CSc2nnc([C@@H](C)N3CCCCC3)n2-c2ccc(F)cc2)c1C. The van der Waals surface area contributed by atoms with Gasteiger partial charge in [0, 0.05) is 36.3 Å². The Kier molecular flexibility index (Phi) is 8.41. The second kappa shape index (κ2) is 11.5. The Hall–Kier alpha value is -2.49. The van der Waals surface area contributed by atoms with E-state index in [1.165, 1.54) is 43.2 Å². The van der Waals surface area contributed by atoms with Crippen LogP contribution in [0, 0.1) is 19.7 Å². The number of piperidine rings is 1. The van der Waals surface area contributed by atoms with E-state index < -0.39 is 0 Å². The molecule has 0 saturated carbocycles. The molecule has 1 aromatic carbocycles. The van der Waals surface area contributed by atoms with E-state index in [1.807, 2.05) is 24.5 Å². The van der Waals surface area contributed by atoms with Crippen molar-refractivity contribution in [3.05, 3.63) is 58.9 Å². The van der Waals surface area contributed by atoms with Crippen molar-refractivity contribution in [3.8, 4) is 5.69 Å². The molecule has 0 spiro atoms. The molecule has 0 radical (unpaired) electrons. The van der Waals surface area contributed by atoms with E-state index in [0.717, 1.165) is 41.6 Å². The highest BCUT2D eigenvalue weighted by atomic mass is 32.2. The maximum absolute atomic E-state index is 13.7. The number of halogens is 1. The molecule has 0 aliphatic carbocycles. The second-order valence-corrected chi connectivity index (χ2v) is 10.0. The number of ketones is 1. The molecule has 0 bridgehead atoms. The maximum Gasteiger partial charge on any atom is 0.196 e. The molecule has 9 heteroatoms. The fourth-order valence-electron chi connectivity index (χ4n) is 4.77. The molecule has 3 heterocycles. The van der Waals surface area contributed by atoms with Gasteiger partial charge in [-0.1, -0.05) is 18.2 Å². The third kappa shape index (κ3) is 5.68. The number of likely N-dealkylation sites (tertiary alicyclic amines) is 1. The van der Waals surface area contributed by atoms with Crippen LogP contribution in [-0.2, 0) is 11.3 Å². The van der Waals surface area contributed by atoms with Crippen molar-refractivity contribution in [2.24, 2.45) is 0 Å². The van der Waals surface area contributed by atoms with Gasteiger partial charge in [-0.15, -0.1) is 10.2 Å². The number of hydrogen-bond donors (Lipinski definition) is 0. The van der Waals surface area contributed by atoms with E-state index >= 15 is 0 Å². The van der Waals surface area contributed by atoms with Crippen molar-refractivity contribution in [1.82, 2.24) is 24.2 Å². The van der Waals surface area contributed by atoms with Crippen LogP contribution < -0.4 is 0 Å². The van der Waals surface area contributed by atoms with Crippen molar-refractivity contribution < 1.29 is 13.9 Å². The largest absolute Gasteiger partial charge is 0.383 e. The Morgan fingerprint density at radius 3 is 2.54 bits per heavy atom. The van der Waals surface area contributed by atoms with Crippen molar-refractivity contribution >= 4 is 17.5 Å². The first-order chi connectivity index (χ1) is 16.9. The van der Waals surface area contributed by atoms with Crippen molar-refractivity contribution in [3.63, 3.8) is 0 Å².